The minimum Gasteiger partial charge on any atom is -0.497 e. The van der Waals surface area contributed by atoms with E-state index < -0.39 is 0 Å². The van der Waals surface area contributed by atoms with Crippen molar-refractivity contribution in [2.75, 3.05) is 24.9 Å². The SMILES string of the molecule is COc1ccc(Nc2cc(-c3ccccn3)nc(NC3CCCC3)n2)c(OC)c1. The van der Waals surface area contributed by atoms with E-state index in [1.165, 1.54) is 12.8 Å². The molecule has 7 heteroatoms. The van der Waals surface area contributed by atoms with E-state index in [9.17, 15) is 0 Å². The number of nitrogens with one attached hydrogen (secondary N) is 2. The van der Waals surface area contributed by atoms with E-state index in [1.54, 1.807) is 20.4 Å². The van der Waals surface area contributed by atoms with Gasteiger partial charge in [-0.25, -0.2) is 4.98 Å². The molecule has 1 saturated carbocycles. The van der Waals surface area contributed by atoms with Gasteiger partial charge < -0.3 is 20.1 Å². The Morgan fingerprint density at radius 2 is 1.79 bits per heavy atom. The molecule has 29 heavy (non-hydrogen) atoms. The number of hydrogen-bond donors (Lipinski definition) is 2. The molecule has 1 aliphatic carbocycles. The van der Waals surface area contributed by atoms with Crippen LogP contribution in [-0.2, 0) is 0 Å². The fourth-order valence-corrected chi connectivity index (χ4v) is 3.51. The Labute approximate surface area is 170 Å². The number of anilines is 3. The van der Waals surface area contributed by atoms with Crippen LogP contribution >= 0.6 is 0 Å². The van der Waals surface area contributed by atoms with Gasteiger partial charge in [-0.15, -0.1) is 0 Å². The van der Waals surface area contributed by atoms with E-state index in [2.05, 4.69) is 20.6 Å². The minimum absolute atomic E-state index is 0.414. The molecule has 0 spiro atoms. The monoisotopic (exact) mass is 391 g/mol. The highest BCUT2D eigenvalue weighted by Crippen LogP contribution is 2.32. The molecule has 0 atom stereocenters. The van der Waals surface area contributed by atoms with Crippen molar-refractivity contribution in [3.63, 3.8) is 0 Å². The number of methoxy groups -OCH3 is 2. The van der Waals surface area contributed by atoms with Crippen LogP contribution < -0.4 is 20.1 Å². The lowest BCUT2D eigenvalue weighted by atomic mass is 10.2. The van der Waals surface area contributed by atoms with E-state index in [4.69, 9.17) is 14.5 Å². The number of hydrogen-bond acceptors (Lipinski definition) is 7. The van der Waals surface area contributed by atoms with Crippen molar-refractivity contribution in [3.8, 4) is 22.9 Å². The lowest BCUT2D eigenvalue weighted by molar-refractivity contribution is 0.395. The zero-order valence-corrected chi connectivity index (χ0v) is 16.7. The van der Waals surface area contributed by atoms with E-state index in [0.717, 1.165) is 35.7 Å². The Morgan fingerprint density at radius 1 is 0.931 bits per heavy atom. The molecule has 2 N–H and O–H groups in total. The predicted octanol–water partition coefficient (Wildman–Crippen LogP) is 4.65. The van der Waals surface area contributed by atoms with Gasteiger partial charge in [0, 0.05) is 24.4 Å². The normalized spacial score (nSPS) is 13.9. The van der Waals surface area contributed by atoms with Crippen LogP contribution in [0, 0.1) is 0 Å². The van der Waals surface area contributed by atoms with Crippen molar-refractivity contribution in [1.82, 2.24) is 15.0 Å². The average Bonchev–Trinajstić information content (AvgIpc) is 3.27. The molecule has 7 nitrogen and oxygen atoms in total. The van der Waals surface area contributed by atoms with Gasteiger partial charge in [-0.05, 0) is 37.1 Å². The van der Waals surface area contributed by atoms with E-state index in [1.807, 2.05) is 42.5 Å². The zero-order chi connectivity index (χ0) is 20.1. The van der Waals surface area contributed by atoms with Gasteiger partial charge in [0.05, 0.1) is 31.3 Å². The van der Waals surface area contributed by atoms with Crippen molar-refractivity contribution < 1.29 is 9.47 Å². The van der Waals surface area contributed by atoms with Crippen LogP contribution in [0.4, 0.5) is 17.5 Å². The molecule has 0 aliphatic heterocycles. The van der Waals surface area contributed by atoms with Crippen LogP contribution in [0.3, 0.4) is 0 Å². The summed E-state index contributed by atoms with van der Waals surface area (Å²) in [6.45, 7) is 0. The lowest BCUT2D eigenvalue weighted by Gasteiger charge is -2.16. The van der Waals surface area contributed by atoms with Gasteiger partial charge >= 0.3 is 0 Å². The third kappa shape index (κ3) is 4.56. The molecule has 4 rings (SSSR count). The number of aromatic nitrogens is 3. The molecule has 1 fully saturated rings. The number of rotatable bonds is 7. The third-order valence-electron chi connectivity index (χ3n) is 5.01. The molecule has 0 amide bonds. The molecule has 150 valence electrons. The van der Waals surface area contributed by atoms with Crippen LogP contribution in [0.1, 0.15) is 25.7 Å². The van der Waals surface area contributed by atoms with Crippen LogP contribution in [0.25, 0.3) is 11.4 Å². The van der Waals surface area contributed by atoms with E-state index in [-0.39, 0.29) is 0 Å². The molecular weight excluding hydrogens is 366 g/mol. The fraction of sp³-hybridized carbons (Fsp3) is 0.318. The summed E-state index contributed by atoms with van der Waals surface area (Å²) < 4.78 is 10.8. The Morgan fingerprint density at radius 3 is 2.52 bits per heavy atom. The zero-order valence-electron chi connectivity index (χ0n) is 16.7. The number of ether oxygens (including phenoxy) is 2. The molecule has 2 aromatic heterocycles. The van der Waals surface area contributed by atoms with Gasteiger partial charge in [-0.3, -0.25) is 4.98 Å². The second-order valence-electron chi connectivity index (χ2n) is 6.99. The van der Waals surface area contributed by atoms with Gasteiger partial charge in [0.2, 0.25) is 5.95 Å². The summed E-state index contributed by atoms with van der Waals surface area (Å²) in [7, 11) is 3.26. The summed E-state index contributed by atoms with van der Waals surface area (Å²) >= 11 is 0. The summed E-state index contributed by atoms with van der Waals surface area (Å²) in [5.41, 5.74) is 2.36. The first-order chi connectivity index (χ1) is 14.2. The number of nitrogens with zero attached hydrogens (tertiary/aromatic N) is 3. The highest BCUT2D eigenvalue weighted by atomic mass is 16.5. The van der Waals surface area contributed by atoms with Crippen molar-refractivity contribution in [1.29, 1.82) is 0 Å². The Balaban J connectivity index is 1.68. The molecule has 3 aromatic rings. The summed E-state index contributed by atoms with van der Waals surface area (Å²) in [6, 6.07) is 13.7. The Bertz CT molecular complexity index is 959. The maximum absolute atomic E-state index is 5.50. The highest BCUT2D eigenvalue weighted by molar-refractivity contribution is 5.69. The van der Waals surface area contributed by atoms with Gasteiger partial charge in [0.1, 0.15) is 17.3 Å². The second kappa shape index (κ2) is 8.77. The van der Waals surface area contributed by atoms with Crippen LogP contribution in [0.5, 0.6) is 11.5 Å². The van der Waals surface area contributed by atoms with Gasteiger partial charge in [-0.2, -0.15) is 4.98 Å². The Hall–Kier alpha value is -3.35. The van der Waals surface area contributed by atoms with E-state index >= 15 is 0 Å². The fourth-order valence-electron chi connectivity index (χ4n) is 3.51. The molecule has 1 aromatic carbocycles. The first-order valence-electron chi connectivity index (χ1n) is 9.81. The molecular formula is C22H25N5O2. The van der Waals surface area contributed by atoms with Crippen molar-refractivity contribution in [2.45, 2.75) is 31.7 Å². The molecule has 1 aliphatic rings. The van der Waals surface area contributed by atoms with Crippen LogP contribution in [0.15, 0.2) is 48.7 Å². The molecule has 2 heterocycles. The van der Waals surface area contributed by atoms with Crippen molar-refractivity contribution >= 4 is 17.5 Å². The molecule has 0 radical (unpaired) electrons. The average molecular weight is 391 g/mol. The van der Waals surface area contributed by atoms with Crippen molar-refractivity contribution in [3.05, 3.63) is 48.7 Å². The predicted molar refractivity (Wildman–Crippen MR) is 114 cm³/mol. The van der Waals surface area contributed by atoms with Crippen LogP contribution in [-0.4, -0.2) is 35.2 Å². The molecule has 0 saturated heterocycles. The van der Waals surface area contributed by atoms with Crippen LogP contribution in [0.2, 0.25) is 0 Å². The van der Waals surface area contributed by atoms with Gasteiger partial charge in [-0.1, -0.05) is 18.9 Å². The first kappa shape index (κ1) is 19.0. The highest BCUT2D eigenvalue weighted by Gasteiger charge is 2.17. The summed E-state index contributed by atoms with van der Waals surface area (Å²) in [6.07, 6.45) is 6.54. The topological polar surface area (TPSA) is 81.2 Å². The van der Waals surface area contributed by atoms with Gasteiger partial charge in [0.25, 0.3) is 0 Å². The number of benzene rings is 1. The third-order valence-corrected chi connectivity index (χ3v) is 5.01. The van der Waals surface area contributed by atoms with E-state index in [0.29, 0.717) is 23.6 Å². The molecule has 0 unspecified atom stereocenters. The quantitative estimate of drug-likeness (QED) is 0.606. The largest absolute Gasteiger partial charge is 0.497 e. The standard InChI is InChI=1S/C22H25N5O2/c1-28-16-10-11-18(20(13-16)29-2)25-21-14-19(17-9-5-6-12-23-17)26-22(27-21)24-15-7-3-4-8-15/h5-6,9-15H,3-4,7-8H2,1-2H3,(H2,24,25,26,27). The number of pyridine rings is 1. The summed E-state index contributed by atoms with van der Waals surface area (Å²) in [5, 5.41) is 6.83. The lowest BCUT2D eigenvalue weighted by Crippen LogP contribution is -2.17. The maximum Gasteiger partial charge on any atom is 0.225 e. The Kier molecular flexibility index (Phi) is 5.74. The first-order valence-corrected chi connectivity index (χ1v) is 9.81. The summed E-state index contributed by atoms with van der Waals surface area (Å²) in [4.78, 5) is 13.8. The minimum atomic E-state index is 0.414. The summed E-state index contributed by atoms with van der Waals surface area (Å²) in [5.74, 6) is 2.68. The smallest absolute Gasteiger partial charge is 0.225 e. The molecule has 0 bridgehead atoms. The van der Waals surface area contributed by atoms with Crippen molar-refractivity contribution in [2.24, 2.45) is 0 Å². The maximum atomic E-state index is 5.50. The van der Waals surface area contributed by atoms with Gasteiger partial charge in [0.15, 0.2) is 0 Å². The second-order valence-corrected chi connectivity index (χ2v) is 6.99.